The lowest BCUT2D eigenvalue weighted by molar-refractivity contribution is -0.649. The van der Waals surface area contributed by atoms with Crippen LogP contribution in [0, 0.1) is 29.0 Å². The molecule has 9 aromatic rings. The number of hydrogen-bond acceptors (Lipinski definition) is 4. The lowest BCUT2D eigenvalue weighted by Gasteiger charge is -2.44. The molecule has 256 valence electrons. The molecule has 55 heavy (non-hydrogen) atoms. The molecule has 6 aromatic carbocycles. The average molecular weight is 705 g/mol. The van der Waals surface area contributed by atoms with E-state index in [1.165, 1.54) is 0 Å². The predicted octanol–water partition coefficient (Wildman–Crippen LogP) is 9.46. The number of para-hydroxylation sites is 2. The summed E-state index contributed by atoms with van der Waals surface area (Å²) in [5.74, 6) is 2.15. The summed E-state index contributed by atoms with van der Waals surface area (Å²) < 4.78 is 13.0. The SMILES string of the molecule is C[n+]1[c-]n2c3c(cccc31)C1(c3ccc(Oc4ccc5c6ccccc6n(-c6ccccn6)c5c4)cc3-2)c2c(C#N)cccc2C=Cc2cccc(C#N)c21. The van der Waals surface area contributed by atoms with Gasteiger partial charge in [0.25, 0.3) is 0 Å². The van der Waals surface area contributed by atoms with E-state index in [0.717, 1.165) is 77.7 Å². The number of pyridine rings is 1. The molecule has 1 aliphatic carbocycles. The highest BCUT2D eigenvalue weighted by Gasteiger charge is 2.49. The molecule has 2 aliphatic rings. The molecule has 0 amide bonds. The summed E-state index contributed by atoms with van der Waals surface area (Å²) in [6.45, 7) is 0. The van der Waals surface area contributed by atoms with E-state index in [2.05, 4.69) is 113 Å². The minimum atomic E-state index is -1.03. The zero-order chi connectivity index (χ0) is 36.8. The minimum Gasteiger partial charge on any atom is -0.458 e. The third kappa shape index (κ3) is 4.12. The normalized spacial score (nSPS) is 13.2. The van der Waals surface area contributed by atoms with Gasteiger partial charge >= 0.3 is 0 Å². The van der Waals surface area contributed by atoms with Crippen molar-refractivity contribution in [3.05, 3.63) is 190 Å². The van der Waals surface area contributed by atoms with E-state index >= 15 is 0 Å². The van der Waals surface area contributed by atoms with Crippen LogP contribution in [-0.2, 0) is 12.5 Å². The average Bonchev–Trinajstić information content (AvgIpc) is 3.70. The molecular formula is C48H28N6O. The second kappa shape index (κ2) is 11.4. The summed E-state index contributed by atoms with van der Waals surface area (Å²) in [5.41, 5.74) is 10.4. The Morgan fingerprint density at radius 3 is 2.11 bits per heavy atom. The van der Waals surface area contributed by atoms with Gasteiger partial charge < -0.3 is 13.9 Å². The minimum absolute atomic E-state index is 0.552. The number of aromatic nitrogens is 4. The number of nitrogens with zero attached hydrogens (tertiary/aromatic N) is 6. The van der Waals surface area contributed by atoms with Crippen molar-refractivity contribution in [1.82, 2.24) is 14.1 Å². The monoisotopic (exact) mass is 704 g/mol. The quantitative estimate of drug-likeness (QED) is 0.136. The van der Waals surface area contributed by atoms with E-state index in [4.69, 9.17) is 9.72 Å². The van der Waals surface area contributed by atoms with E-state index in [9.17, 15) is 10.5 Å². The summed E-state index contributed by atoms with van der Waals surface area (Å²) in [6, 6.07) is 49.7. The molecule has 0 N–H and O–H groups in total. The maximum Gasteiger partial charge on any atom is 0.244 e. The van der Waals surface area contributed by atoms with Gasteiger partial charge in [-0.3, -0.25) is 4.57 Å². The number of rotatable bonds is 3. The first-order chi connectivity index (χ1) is 27.1. The lowest BCUT2D eigenvalue weighted by atomic mass is 9.60. The number of aryl methyl sites for hydroxylation is 1. The first-order valence-corrected chi connectivity index (χ1v) is 18.1. The van der Waals surface area contributed by atoms with Crippen LogP contribution >= 0.6 is 0 Å². The number of hydrogen-bond donors (Lipinski definition) is 0. The van der Waals surface area contributed by atoms with Crippen LogP contribution in [0.2, 0.25) is 0 Å². The highest BCUT2D eigenvalue weighted by atomic mass is 16.5. The molecule has 7 heteroatoms. The number of nitriles is 2. The van der Waals surface area contributed by atoms with Crippen molar-refractivity contribution in [2.24, 2.45) is 7.05 Å². The first-order valence-electron chi connectivity index (χ1n) is 18.1. The highest BCUT2D eigenvalue weighted by Crippen LogP contribution is 2.57. The molecule has 0 saturated heterocycles. The van der Waals surface area contributed by atoms with Crippen molar-refractivity contribution in [2.45, 2.75) is 5.41 Å². The Kier molecular flexibility index (Phi) is 6.38. The van der Waals surface area contributed by atoms with Crippen LogP contribution in [0.3, 0.4) is 0 Å². The fraction of sp³-hybridized carbons (Fsp3) is 0.0417. The molecule has 4 heterocycles. The maximum atomic E-state index is 10.8. The van der Waals surface area contributed by atoms with E-state index < -0.39 is 5.41 Å². The van der Waals surface area contributed by atoms with Gasteiger partial charge in [0.05, 0.1) is 63.5 Å². The van der Waals surface area contributed by atoms with E-state index in [0.29, 0.717) is 22.6 Å². The van der Waals surface area contributed by atoms with Gasteiger partial charge in [0.2, 0.25) is 6.33 Å². The number of benzene rings is 6. The zero-order valence-electron chi connectivity index (χ0n) is 29.5. The van der Waals surface area contributed by atoms with Crippen LogP contribution in [0.25, 0.3) is 56.5 Å². The molecule has 0 bridgehead atoms. The van der Waals surface area contributed by atoms with Gasteiger partial charge in [0, 0.05) is 23.0 Å². The van der Waals surface area contributed by atoms with Crippen LogP contribution in [0.15, 0.2) is 140 Å². The van der Waals surface area contributed by atoms with Crippen molar-refractivity contribution in [3.8, 4) is 35.1 Å². The Bertz CT molecular complexity index is 3160. The van der Waals surface area contributed by atoms with Crippen LogP contribution in [-0.4, -0.2) is 14.1 Å². The Morgan fingerprint density at radius 1 is 0.673 bits per heavy atom. The largest absolute Gasteiger partial charge is 0.458 e. The van der Waals surface area contributed by atoms with Gasteiger partial charge in [0.15, 0.2) is 0 Å². The van der Waals surface area contributed by atoms with Crippen molar-refractivity contribution in [3.63, 3.8) is 0 Å². The summed E-state index contributed by atoms with van der Waals surface area (Å²) in [5, 5.41) is 23.8. The Morgan fingerprint density at radius 2 is 1.36 bits per heavy atom. The molecule has 0 radical (unpaired) electrons. The third-order valence-corrected chi connectivity index (χ3v) is 11.3. The maximum absolute atomic E-state index is 10.8. The number of ether oxygens (including phenoxy) is 1. The van der Waals surface area contributed by atoms with Gasteiger partial charge in [-0.15, -0.1) is 0 Å². The van der Waals surface area contributed by atoms with Crippen molar-refractivity contribution >= 4 is 45.0 Å². The predicted molar refractivity (Wildman–Crippen MR) is 212 cm³/mol. The Labute approximate surface area is 316 Å². The van der Waals surface area contributed by atoms with Gasteiger partial charge in [-0.2, -0.15) is 10.5 Å². The molecule has 0 atom stereocenters. The van der Waals surface area contributed by atoms with Crippen LogP contribution in [0.5, 0.6) is 11.5 Å². The molecule has 7 nitrogen and oxygen atoms in total. The molecule has 3 aromatic heterocycles. The van der Waals surface area contributed by atoms with E-state index in [1.807, 2.05) is 78.5 Å². The molecular weight excluding hydrogens is 677 g/mol. The fourth-order valence-corrected chi connectivity index (χ4v) is 9.16. The van der Waals surface area contributed by atoms with Crippen LogP contribution in [0.1, 0.15) is 44.5 Å². The molecule has 11 rings (SSSR count). The van der Waals surface area contributed by atoms with Crippen molar-refractivity contribution in [2.75, 3.05) is 0 Å². The van der Waals surface area contributed by atoms with Crippen molar-refractivity contribution < 1.29 is 9.30 Å². The topological polar surface area (TPSA) is 83.4 Å². The Hall–Kier alpha value is -7.74. The van der Waals surface area contributed by atoms with Gasteiger partial charge in [-0.25, -0.2) is 4.98 Å². The first kappa shape index (κ1) is 30.8. The third-order valence-electron chi connectivity index (χ3n) is 11.3. The summed E-state index contributed by atoms with van der Waals surface area (Å²) in [4.78, 5) is 4.70. The molecule has 1 aliphatic heterocycles. The highest BCUT2D eigenvalue weighted by molar-refractivity contribution is 6.09. The molecule has 0 fully saturated rings. The lowest BCUT2D eigenvalue weighted by Crippen LogP contribution is -2.38. The van der Waals surface area contributed by atoms with Crippen molar-refractivity contribution in [1.29, 1.82) is 10.5 Å². The standard InChI is InChI=1S/C48H28N6O/c1-52-29-53-43-26-35(55-34-20-22-37-36-13-2-3-15-40(36)54(42(37)25-34)44-17-4-5-24-51-44)21-23-38(43)48(39-14-8-16-41(52)47(39)53)45-30(9-6-11-32(45)27-49)18-19-31-10-7-12-33(28-50)46(31)48/h2-26H,1H3. The van der Waals surface area contributed by atoms with Gasteiger partial charge in [0.1, 0.15) is 17.3 Å². The zero-order valence-corrected chi connectivity index (χ0v) is 29.5. The molecule has 0 unspecified atom stereocenters. The molecule has 0 saturated carbocycles. The smallest absolute Gasteiger partial charge is 0.244 e. The summed E-state index contributed by atoms with van der Waals surface area (Å²) in [6.07, 6.45) is 9.52. The summed E-state index contributed by atoms with van der Waals surface area (Å²) >= 11 is 0. The van der Waals surface area contributed by atoms with Crippen LogP contribution < -0.4 is 9.30 Å². The van der Waals surface area contributed by atoms with Crippen LogP contribution in [0.4, 0.5) is 0 Å². The molecule has 1 spiro atoms. The number of imidazole rings is 1. The number of fused-ring (bicyclic) bond motifs is 11. The fourth-order valence-electron chi connectivity index (χ4n) is 9.16. The van der Waals surface area contributed by atoms with Gasteiger partial charge in [-0.05, 0) is 88.0 Å². The Balaban J connectivity index is 1.18. The van der Waals surface area contributed by atoms with Gasteiger partial charge in [-0.1, -0.05) is 84.9 Å². The summed E-state index contributed by atoms with van der Waals surface area (Å²) in [7, 11) is 1.99. The second-order valence-electron chi connectivity index (χ2n) is 14.0. The second-order valence-corrected chi connectivity index (χ2v) is 14.0. The van der Waals surface area contributed by atoms with E-state index in [1.54, 1.807) is 0 Å². The van der Waals surface area contributed by atoms with E-state index in [-0.39, 0.29) is 0 Å².